The maximum atomic E-state index is 11.2. The fourth-order valence-corrected chi connectivity index (χ4v) is 0.431. The third-order valence-corrected chi connectivity index (χ3v) is 1.55. The molecule has 0 rings (SSSR count). The van der Waals surface area contributed by atoms with Crippen molar-refractivity contribution in [2.45, 2.75) is 11.8 Å². The first-order valence-electron chi connectivity index (χ1n) is 1.93. The maximum Gasteiger partial charge on any atom is 0.648 e. The van der Waals surface area contributed by atoms with Gasteiger partial charge in [-0.1, -0.05) is 0 Å². The van der Waals surface area contributed by atoms with E-state index in [1.807, 2.05) is 0 Å². The minimum Gasteiger partial charge on any atom is -0.161 e. The van der Waals surface area contributed by atoms with Crippen molar-refractivity contribution in [2.75, 3.05) is 0 Å². The molecule has 0 bridgehead atoms. The lowest BCUT2D eigenvalue weighted by atomic mass is 10.7. The first-order valence-corrected chi connectivity index (χ1v) is 3.39. The lowest BCUT2D eigenvalue weighted by Crippen LogP contribution is -2.34. The minimum atomic E-state index is -7.70. The van der Waals surface area contributed by atoms with Crippen molar-refractivity contribution >= 4 is 8.19 Å². The van der Waals surface area contributed by atoms with E-state index in [0.29, 0.717) is 0 Å². The molecule has 0 spiro atoms. The third kappa shape index (κ3) is 1.91. The summed E-state index contributed by atoms with van der Waals surface area (Å²) in [4.78, 5) is 0. The van der Waals surface area contributed by atoms with Crippen LogP contribution in [0, 0.1) is 0 Å². The molecule has 0 radical (unpaired) electrons. The molecule has 0 amide bonds. The summed E-state index contributed by atoms with van der Waals surface area (Å²) in [6.45, 7) is 0. The van der Waals surface area contributed by atoms with Gasteiger partial charge in [-0.3, -0.25) is 0 Å². The Morgan fingerprint density at radius 3 is 1.00 bits per heavy atom. The quantitative estimate of drug-likeness (QED) is 0.452. The van der Waals surface area contributed by atoms with Gasteiger partial charge in [0.2, 0.25) is 0 Å². The highest BCUT2D eigenvalue weighted by Crippen LogP contribution is 2.78. The standard InChI is InChI=1S/C2F8P/c3-1(4,5)2(6,7)11(8,9)10/q+1. The van der Waals surface area contributed by atoms with Crippen LogP contribution in [0.2, 0.25) is 0 Å². The molecule has 0 fully saturated rings. The third-order valence-electron chi connectivity index (χ3n) is 0.659. The zero-order chi connectivity index (χ0) is 9.50. The van der Waals surface area contributed by atoms with Crippen molar-refractivity contribution in [3.05, 3.63) is 0 Å². The van der Waals surface area contributed by atoms with Gasteiger partial charge in [-0.25, -0.2) is 0 Å². The largest absolute Gasteiger partial charge is 0.648 e. The Kier molecular flexibility index (Phi) is 2.40. The van der Waals surface area contributed by atoms with Gasteiger partial charge in [-0.05, 0) is 0 Å². The van der Waals surface area contributed by atoms with E-state index in [1.165, 1.54) is 0 Å². The van der Waals surface area contributed by atoms with Crippen LogP contribution in [-0.4, -0.2) is 11.8 Å². The molecular formula is C2F8P+. The summed E-state index contributed by atoms with van der Waals surface area (Å²) < 4.78 is 88.0. The lowest BCUT2D eigenvalue weighted by Gasteiger charge is -2.12. The second kappa shape index (κ2) is 2.43. The van der Waals surface area contributed by atoms with Crippen molar-refractivity contribution in [1.82, 2.24) is 0 Å². The van der Waals surface area contributed by atoms with E-state index in [0.717, 1.165) is 0 Å². The Labute approximate surface area is 55.9 Å². The molecule has 0 aliphatic rings. The monoisotopic (exact) mass is 207 g/mol. The molecule has 0 aliphatic heterocycles. The molecule has 68 valence electrons. The van der Waals surface area contributed by atoms with Crippen LogP contribution >= 0.6 is 8.19 Å². The molecule has 9 heteroatoms. The minimum absolute atomic E-state index is 6.51. The van der Waals surface area contributed by atoms with E-state index in [1.54, 1.807) is 0 Å². The molecule has 0 unspecified atom stereocenters. The Hall–Kier alpha value is -0.130. The van der Waals surface area contributed by atoms with Crippen LogP contribution in [-0.2, 0) is 0 Å². The van der Waals surface area contributed by atoms with Crippen LogP contribution in [0.5, 0.6) is 0 Å². The molecule has 0 aromatic rings. The van der Waals surface area contributed by atoms with E-state index >= 15 is 0 Å². The van der Waals surface area contributed by atoms with Crippen molar-refractivity contribution in [3.8, 4) is 0 Å². The van der Waals surface area contributed by atoms with E-state index in [2.05, 4.69) is 0 Å². The van der Waals surface area contributed by atoms with Gasteiger partial charge in [0.1, 0.15) is 0 Å². The van der Waals surface area contributed by atoms with E-state index in [4.69, 9.17) is 0 Å². The van der Waals surface area contributed by atoms with Crippen molar-refractivity contribution in [3.63, 3.8) is 0 Å². The average Bonchev–Trinajstić information content (AvgIpc) is 1.58. The van der Waals surface area contributed by atoms with Gasteiger partial charge in [0.25, 0.3) is 0 Å². The molecular weight excluding hydrogens is 207 g/mol. The molecule has 11 heavy (non-hydrogen) atoms. The summed E-state index contributed by atoms with van der Waals surface area (Å²) in [5.74, 6) is 0. The van der Waals surface area contributed by atoms with Gasteiger partial charge in [0.15, 0.2) is 0 Å². The average molecular weight is 207 g/mol. The topological polar surface area (TPSA) is 0 Å². The number of halogens is 8. The normalized spacial score (nSPS) is 15.3. The summed E-state index contributed by atoms with van der Waals surface area (Å²) in [6.07, 6.45) is -6.53. The first kappa shape index (κ1) is 10.9. The van der Waals surface area contributed by atoms with Gasteiger partial charge < -0.3 is 0 Å². The Morgan fingerprint density at radius 2 is 1.00 bits per heavy atom. The van der Waals surface area contributed by atoms with E-state index in [-0.39, 0.29) is 0 Å². The number of hydrogen-bond acceptors (Lipinski definition) is 0. The molecule has 0 aromatic heterocycles. The van der Waals surface area contributed by atoms with E-state index < -0.39 is 20.0 Å². The number of alkyl halides is 5. The van der Waals surface area contributed by atoms with Gasteiger partial charge in [-0.15, -0.1) is 8.78 Å². The van der Waals surface area contributed by atoms with Crippen LogP contribution in [0.15, 0.2) is 0 Å². The smallest absolute Gasteiger partial charge is 0.161 e. The highest BCUT2D eigenvalue weighted by molar-refractivity contribution is 7.61. The van der Waals surface area contributed by atoms with Crippen LogP contribution in [0.25, 0.3) is 0 Å². The summed E-state index contributed by atoms with van der Waals surface area (Å²) >= 11 is 0. The SMILES string of the molecule is FC(F)(F)C(F)(F)[P+](F)(F)F. The Balaban J connectivity index is 4.75. The summed E-state index contributed by atoms with van der Waals surface area (Å²) in [5, 5.41) is 0. The molecule has 0 atom stereocenters. The number of hydrogen-bond donors (Lipinski definition) is 0. The van der Waals surface area contributed by atoms with Crippen LogP contribution in [0.3, 0.4) is 0 Å². The molecule has 0 saturated heterocycles. The Morgan fingerprint density at radius 1 is 0.727 bits per heavy atom. The highest BCUT2D eigenvalue weighted by atomic mass is 31.3. The molecule has 0 nitrogen and oxygen atoms in total. The predicted octanol–water partition coefficient (Wildman–Crippen LogP) is 3.81. The zero-order valence-corrected chi connectivity index (χ0v) is 5.37. The van der Waals surface area contributed by atoms with Crippen LogP contribution in [0.1, 0.15) is 0 Å². The Bertz CT molecular complexity index is 123. The van der Waals surface area contributed by atoms with Gasteiger partial charge >= 0.3 is 20.0 Å². The number of rotatable bonds is 1. The molecule has 0 saturated carbocycles. The van der Waals surface area contributed by atoms with Crippen molar-refractivity contribution in [2.24, 2.45) is 0 Å². The second-order valence-electron chi connectivity index (χ2n) is 1.48. The summed E-state index contributed by atoms with van der Waals surface area (Å²) in [5.41, 5.74) is -6.51. The molecule has 0 N–H and O–H groups in total. The predicted molar refractivity (Wildman–Crippen MR) is 21.2 cm³/mol. The highest BCUT2D eigenvalue weighted by Gasteiger charge is 2.85. The molecule has 0 heterocycles. The van der Waals surface area contributed by atoms with Crippen molar-refractivity contribution in [1.29, 1.82) is 0 Å². The van der Waals surface area contributed by atoms with Crippen LogP contribution in [0.4, 0.5) is 34.5 Å². The van der Waals surface area contributed by atoms with Crippen LogP contribution < -0.4 is 0 Å². The van der Waals surface area contributed by atoms with E-state index in [9.17, 15) is 34.5 Å². The fraction of sp³-hybridized carbons (Fsp3) is 1.00. The summed E-state index contributed by atoms with van der Waals surface area (Å²) in [7, 11) is -7.70. The van der Waals surface area contributed by atoms with Crippen molar-refractivity contribution < 1.29 is 34.5 Å². The summed E-state index contributed by atoms with van der Waals surface area (Å²) in [6, 6.07) is 0. The zero-order valence-electron chi connectivity index (χ0n) is 4.47. The van der Waals surface area contributed by atoms with Gasteiger partial charge in [0, 0.05) is 12.6 Å². The maximum absolute atomic E-state index is 11.2. The lowest BCUT2D eigenvalue weighted by molar-refractivity contribution is -0.247. The van der Waals surface area contributed by atoms with Gasteiger partial charge in [0.05, 0.1) is 0 Å². The molecule has 0 aromatic carbocycles. The van der Waals surface area contributed by atoms with Gasteiger partial charge in [-0.2, -0.15) is 13.2 Å². The molecule has 0 aliphatic carbocycles. The second-order valence-corrected chi connectivity index (χ2v) is 2.94. The fourth-order valence-electron chi connectivity index (χ4n) is 0.144. The first-order chi connectivity index (χ1) is 4.50.